The topological polar surface area (TPSA) is 42.2 Å². The van der Waals surface area contributed by atoms with E-state index in [2.05, 4.69) is 34.1 Å². The molecule has 0 bridgehead atoms. The summed E-state index contributed by atoms with van der Waals surface area (Å²) in [5.74, 6) is 1.37. The first-order chi connectivity index (χ1) is 12.3. The number of halogens is 1. The minimum Gasteiger partial charge on any atom is -0.489 e. The molecule has 0 saturated carbocycles. The second-order valence-corrected chi connectivity index (χ2v) is 6.23. The molecule has 0 aromatic heterocycles. The average molecular weight is 394 g/mol. The number of nitrogens with zero attached hydrogens (tertiary/aromatic N) is 1. The fraction of sp³-hybridized carbons (Fsp3) is 0.0952. The molecule has 0 aliphatic carbocycles. The van der Waals surface area contributed by atoms with Gasteiger partial charge in [0.15, 0.2) is 0 Å². The number of hydrogen-bond donors (Lipinski definition) is 0. The van der Waals surface area contributed by atoms with Crippen molar-refractivity contribution in [1.29, 1.82) is 5.26 Å². The highest BCUT2D eigenvalue weighted by Gasteiger charge is 2.07. The van der Waals surface area contributed by atoms with Gasteiger partial charge in [0.1, 0.15) is 30.8 Å². The van der Waals surface area contributed by atoms with E-state index in [4.69, 9.17) is 14.7 Å². The molecule has 0 unspecified atom stereocenters. The largest absolute Gasteiger partial charge is 0.489 e. The van der Waals surface area contributed by atoms with Crippen LogP contribution < -0.4 is 9.47 Å². The van der Waals surface area contributed by atoms with Gasteiger partial charge < -0.3 is 9.47 Å². The second-order valence-electron chi connectivity index (χ2n) is 5.31. The monoisotopic (exact) mass is 393 g/mol. The van der Waals surface area contributed by atoms with E-state index in [1.54, 1.807) is 12.1 Å². The first-order valence-electron chi connectivity index (χ1n) is 7.87. The molecule has 0 saturated heterocycles. The quantitative estimate of drug-likeness (QED) is 0.523. The Morgan fingerprint density at radius 1 is 0.800 bits per heavy atom. The summed E-state index contributed by atoms with van der Waals surface area (Å²) in [5, 5.41) is 9.16. The van der Waals surface area contributed by atoms with Crippen molar-refractivity contribution < 1.29 is 9.47 Å². The molecule has 0 amide bonds. The molecular weight excluding hydrogens is 378 g/mol. The van der Waals surface area contributed by atoms with E-state index in [-0.39, 0.29) is 0 Å². The Morgan fingerprint density at radius 3 is 2.24 bits per heavy atom. The van der Waals surface area contributed by atoms with Gasteiger partial charge in [-0.2, -0.15) is 5.26 Å². The van der Waals surface area contributed by atoms with E-state index < -0.39 is 0 Å². The fourth-order valence-electron chi connectivity index (χ4n) is 2.47. The van der Waals surface area contributed by atoms with Gasteiger partial charge in [-0.15, -0.1) is 0 Å². The van der Waals surface area contributed by atoms with Crippen LogP contribution in [0.3, 0.4) is 0 Å². The molecule has 0 N–H and O–H groups in total. The standard InChI is InChI=1S/C21H16BrNO2/c22-18-10-11-20(17(14-18)15-23)24-12-13-25-21-9-5-4-8-19(21)16-6-2-1-3-7-16/h1-11,14H,12-13H2. The van der Waals surface area contributed by atoms with Gasteiger partial charge in [-0.1, -0.05) is 64.5 Å². The number of rotatable bonds is 6. The number of benzene rings is 3. The van der Waals surface area contributed by atoms with Crippen LogP contribution in [0.1, 0.15) is 5.56 Å². The molecular formula is C21H16BrNO2. The molecule has 25 heavy (non-hydrogen) atoms. The Kier molecular flexibility index (Phi) is 5.71. The maximum atomic E-state index is 9.16. The van der Waals surface area contributed by atoms with Gasteiger partial charge in [-0.25, -0.2) is 0 Å². The normalized spacial score (nSPS) is 10.1. The van der Waals surface area contributed by atoms with Gasteiger partial charge in [-0.05, 0) is 29.8 Å². The van der Waals surface area contributed by atoms with Gasteiger partial charge in [0.25, 0.3) is 0 Å². The first-order valence-corrected chi connectivity index (χ1v) is 8.67. The van der Waals surface area contributed by atoms with Crippen LogP contribution in [-0.4, -0.2) is 13.2 Å². The molecule has 3 nitrogen and oxygen atoms in total. The lowest BCUT2D eigenvalue weighted by Gasteiger charge is -2.13. The number of hydrogen-bond acceptors (Lipinski definition) is 3. The van der Waals surface area contributed by atoms with Gasteiger partial charge in [-0.3, -0.25) is 0 Å². The van der Waals surface area contributed by atoms with Crippen molar-refractivity contribution in [3.8, 4) is 28.7 Å². The predicted molar refractivity (Wildman–Crippen MR) is 102 cm³/mol. The molecule has 124 valence electrons. The Hall–Kier alpha value is -2.77. The molecule has 0 heterocycles. The van der Waals surface area contributed by atoms with E-state index in [1.807, 2.05) is 48.5 Å². The Morgan fingerprint density at radius 2 is 1.48 bits per heavy atom. The third-order valence-corrected chi connectivity index (χ3v) is 4.13. The molecule has 0 aliphatic rings. The van der Waals surface area contributed by atoms with Gasteiger partial charge in [0.05, 0.1) is 5.56 Å². The van der Waals surface area contributed by atoms with Crippen LogP contribution in [0.25, 0.3) is 11.1 Å². The fourth-order valence-corrected chi connectivity index (χ4v) is 2.83. The van der Waals surface area contributed by atoms with Crippen LogP contribution >= 0.6 is 15.9 Å². The summed E-state index contributed by atoms with van der Waals surface area (Å²) in [6, 6.07) is 25.5. The van der Waals surface area contributed by atoms with Crippen LogP contribution in [0.4, 0.5) is 0 Å². The lowest BCUT2D eigenvalue weighted by Crippen LogP contribution is -2.10. The molecule has 3 rings (SSSR count). The van der Waals surface area contributed by atoms with E-state index in [9.17, 15) is 0 Å². The second kappa shape index (κ2) is 8.36. The molecule has 0 fully saturated rings. The average Bonchev–Trinajstić information content (AvgIpc) is 2.67. The van der Waals surface area contributed by atoms with Crippen molar-refractivity contribution in [1.82, 2.24) is 0 Å². The third-order valence-electron chi connectivity index (χ3n) is 3.63. The highest BCUT2D eigenvalue weighted by atomic mass is 79.9. The van der Waals surface area contributed by atoms with E-state index in [1.165, 1.54) is 0 Å². The maximum Gasteiger partial charge on any atom is 0.137 e. The molecule has 0 spiro atoms. The van der Waals surface area contributed by atoms with Crippen molar-refractivity contribution in [3.05, 3.63) is 82.8 Å². The third kappa shape index (κ3) is 4.40. The maximum absolute atomic E-state index is 9.16. The minimum absolute atomic E-state index is 0.361. The molecule has 4 heteroatoms. The lowest BCUT2D eigenvalue weighted by molar-refractivity contribution is 0.217. The van der Waals surface area contributed by atoms with Crippen LogP contribution in [0.2, 0.25) is 0 Å². The summed E-state index contributed by atoms with van der Waals surface area (Å²) in [7, 11) is 0. The van der Waals surface area contributed by atoms with Crippen molar-refractivity contribution >= 4 is 15.9 Å². The number of nitriles is 1. The Bertz CT molecular complexity index is 888. The van der Waals surface area contributed by atoms with Crippen molar-refractivity contribution in [3.63, 3.8) is 0 Å². The van der Waals surface area contributed by atoms with E-state index in [0.717, 1.165) is 21.3 Å². The van der Waals surface area contributed by atoms with E-state index >= 15 is 0 Å². The first kappa shape index (κ1) is 17.1. The lowest BCUT2D eigenvalue weighted by atomic mass is 10.1. The summed E-state index contributed by atoms with van der Waals surface area (Å²) >= 11 is 3.35. The summed E-state index contributed by atoms with van der Waals surface area (Å²) in [4.78, 5) is 0. The van der Waals surface area contributed by atoms with Crippen LogP contribution in [-0.2, 0) is 0 Å². The zero-order valence-electron chi connectivity index (χ0n) is 13.5. The summed E-state index contributed by atoms with van der Waals surface area (Å²) in [5.41, 5.74) is 2.65. The molecule has 3 aromatic rings. The molecule has 0 aliphatic heterocycles. The van der Waals surface area contributed by atoms with Crippen LogP contribution in [0.5, 0.6) is 11.5 Å². The number of ether oxygens (including phenoxy) is 2. The SMILES string of the molecule is N#Cc1cc(Br)ccc1OCCOc1ccccc1-c1ccccc1. The van der Waals surface area contributed by atoms with Crippen molar-refractivity contribution in [2.24, 2.45) is 0 Å². The highest BCUT2D eigenvalue weighted by molar-refractivity contribution is 9.10. The smallest absolute Gasteiger partial charge is 0.137 e. The Balaban J connectivity index is 1.63. The van der Waals surface area contributed by atoms with Crippen LogP contribution in [0.15, 0.2) is 77.3 Å². The summed E-state index contributed by atoms with van der Waals surface area (Å²) in [6.07, 6.45) is 0. The highest BCUT2D eigenvalue weighted by Crippen LogP contribution is 2.29. The minimum atomic E-state index is 0.361. The summed E-state index contributed by atoms with van der Waals surface area (Å²) < 4.78 is 12.4. The molecule has 0 radical (unpaired) electrons. The Labute approximate surface area is 155 Å². The predicted octanol–water partition coefficient (Wildman–Crippen LogP) is 5.45. The molecule has 0 atom stereocenters. The summed E-state index contributed by atoms with van der Waals surface area (Å²) in [6.45, 7) is 0.754. The zero-order valence-corrected chi connectivity index (χ0v) is 15.1. The van der Waals surface area contributed by atoms with Crippen molar-refractivity contribution in [2.75, 3.05) is 13.2 Å². The van der Waals surface area contributed by atoms with Crippen molar-refractivity contribution in [2.45, 2.75) is 0 Å². The van der Waals surface area contributed by atoms with Gasteiger partial charge >= 0.3 is 0 Å². The zero-order chi connectivity index (χ0) is 17.5. The molecule has 3 aromatic carbocycles. The number of para-hydroxylation sites is 1. The van der Waals surface area contributed by atoms with Gasteiger partial charge in [0.2, 0.25) is 0 Å². The van der Waals surface area contributed by atoms with Gasteiger partial charge in [0, 0.05) is 10.0 Å². The van der Waals surface area contributed by atoms with Crippen LogP contribution in [0, 0.1) is 11.3 Å². The van der Waals surface area contributed by atoms with E-state index in [0.29, 0.717) is 24.5 Å².